The van der Waals surface area contributed by atoms with Crippen LogP contribution in [0.1, 0.15) is 6.92 Å². The second-order valence-electron chi connectivity index (χ2n) is 3.43. The molecule has 4 nitrogen and oxygen atoms in total. The SMILES string of the molecule is CCNc1nccc(Nc2cccc(I)c2)n1. The van der Waals surface area contributed by atoms with Crippen molar-refractivity contribution in [2.75, 3.05) is 17.2 Å². The molecule has 0 aliphatic heterocycles. The van der Waals surface area contributed by atoms with Crippen molar-refractivity contribution in [2.45, 2.75) is 6.92 Å². The summed E-state index contributed by atoms with van der Waals surface area (Å²) in [5.74, 6) is 1.43. The predicted octanol–water partition coefficient (Wildman–Crippen LogP) is 3.26. The zero-order valence-corrected chi connectivity index (χ0v) is 11.6. The number of hydrogen-bond acceptors (Lipinski definition) is 4. The van der Waals surface area contributed by atoms with Crippen LogP contribution in [0.5, 0.6) is 0 Å². The first-order chi connectivity index (χ1) is 8.28. The molecule has 5 heteroatoms. The fraction of sp³-hybridized carbons (Fsp3) is 0.167. The number of hydrogen-bond donors (Lipinski definition) is 2. The van der Waals surface area contributed by atoms with E-state index in [4.69, 9.17) is 0 Å². The molecule has 1 aromatic carbocycles. The molecule has 2 rings (SSSR count). The lowest BCUT2D eigenvalue weighted by Crippen LogP contribution is -2.03. The second kappa shape index (κ2) is 5.81. The van der Waals surface area contributed by atoms with Crippen LogP contribution in [0.2, 0.25) is 0 Å². The Bertz CT molecular complexity index is 501. The third-order valence-corrected chi connectivity index (χ3v) is 2.76. The first-order valence-electron chi connectivity index (χ1n) is 5.37. The normalized spacial score (nSPS) is 10.0. The van der Waals surface area contributed by atoms with Crippen LogP contribution >= 0.6 is 22.6 Å². The van der Waals surface area contributed by atoms with Gasteiger partial charge in [0, 0.05) is 22.0 Å². The number of nitrogens with one attached hydrogen (secondary N) is 2. The topological polar surface area (TPSA) is 49.8 Å². The standard InChI is InChI=1S/C12H13IN4/c1-2-14-12-15-7-6-11(17-12)16-10-5-3-4-9(13)8-10/h3-8H,2H2,1H3,(H2,14,15,16,17). The van der Waals surface area contributed by atoms with Gasteiger partial charge in [-0.05, 0) is 53.8 Å². The van der Waals surface area contributed by atoms with Crippen LogP contribution in [0.15, 0.2) is 36.5 Å². The van der Waals surface area contributed by atoms with Crippen molar-refractivity contribution in [3.8, 4) is 0 Å². The van der Waals surface area contributed by atoms with E-state index >= 15 is 0 Å². The Morgan fingerprint density at radius 1 is 1.29 bits per heavy atom. The van der Waals surface area contributed by atoms with Gasteiger partial charge in [-0.1, -0.05) is 6.07 Å². The van der Waals surface area contributed by atoms with E-state index in [9.17, 15) is 0 Å². The summed E-state index contributed by atoms with van der Waals surface area (Å²) in [5.41, 5.74) is 1.03. The maximum absolute atomic E-state index is 4.35. The molecule has 0 amide bonds. The van der Waals surface area contributed by atoms with Gasteiger partial charge in [-0.2, -0.15) is 4.98 Å². The lowest BCUT2D eigenvalue weighted by molar-refractivity contribution is 1.09. The largest absolute Gasteiger partial charge is 0.354 e. The third-order valence-electron chi connectivity index (χ3n) is 2.09. The van der Waals surface area contributed by atoms with E-state index in [1.165, 1.54) is 3.57 Å². The summed E-state index contributed by atoms with van der Waals surface area (Å²) in [6.45, 7) is 2.83. The maximum atomic E-state index is 4.35. The van der Waals surface area contributed by atoms with Gasteiger partial charge in [0.2, 0.25) is 5.95 Å². The number of halogens is 1. The van der Waals surface area contributed by atoms with Crippen LogP contribution in [0, 0.1) is 3.57 Å². The van der Waals surface area contributed by atoms with E-state index in [2.05, 4.69) is 55.3 Å². The van der Waals surface area contributed by atoms with Crippen molar-refractivity contribution >= 4 is 40.0 Å². The van der Waals surface area contributed by atoms with Crippen LogP contribution < -0.4 is 10.6 Å². The maximum Gasteiger partial charge on any atom is 0.224 e. The molecular weight excluding hydrogens is 327 g/mol. The summed E-state index contributed by atoms with van der Waals surface area (Å²) in [6.07, 6.45) is 1.74. The van der Waals surface area contributed by atoms with Crippen molar-refractivity contribution in [1.29, 1.82) is 0 Å². The molecule has 0 aliphatic carbocycles. The van der Waals surface area contributed by atoms with Crippen molar-refractivity contribution in [3.63, 3.8) is 0 Å². The van der Waals surface area contributed by atoms with Gasteiger partial charge >= 0.3 is 0 Å². The third kappa shape index (κ3) is 3.55. The lowest BCUT2D eigenvalue weighted by atomic mass is 10.3. The zero-order chi connectivity index (χ0) is 12.1. The quantitative estimate of drug-likeness (QED) is 0.839. The number of anilines is 3. The predicted molar refractivity (Wildman–Crippen MR) is 78.6 cm³/mol. The molecule has 0 spiro atoms. The smallest absolute Gasteiger partial charge is 0.224 e. The fourth-order valence-electron chi connectivity index (χ4n) is 1.39. The van der Waals surface area contributed by atoms with Gasteiger partial charge < -0.3 is 10.6 Å². The van der Waals surface area contributed by atoms with E-state index in [1.54, 1.807) is 6.20 Å². The van der Waals surface area contributed by atoms with E-state index < -0.39 is 0 Å². The van der Waals surface area contributed by atoms with Gasteiger partial charge in [0.15, 0.2) is 0 Å². The van der Waals surface area contributed by atoms with Gasteiger partial charge in [0.05, 0.1) is 0 Å². The van der Waals surface area contributed by atoms with Gasteiger partial charge in [-0.3, -0.25) is 0 Å². The monoisotopic (exact) mass is 340 g/mol. The highest BCUT2D eigenvalue weighted by Gasteiger charge is 1.99. The zero-order valence-electron chi connectivity index (χ0n) is 9.44. The van der Waals surface area contributed by atoms with Crippen LogP contribution in [-0.4, -0.2) is 16.5 Å². The molecule has 0 fully saturated rings. The molecule has 1 aromatic heterocycles. The molecule has 0 radical (unpaired) electrons. The second-order valence-corrected chi connectivity index (χ2v) is 4.68. The Morgan fingerprint density at radius 2 is 2.18 bits per heavy atom. The molecule has 0 atom stereocenters. The van der Waals surface area contributed by atoms with Gasteiger partial charge in [0.25, 0.3) is 0 Å². The van der Waals surface area contributed by atoms with E-state index in [0.29, 0.717) is 5.95 Å². The van der Waals surface area contributed by atoms with E-state index in [1.807, 2.05) is 25.1 Å². The molecule has 17 heavy (non-hydrogen) atoms. The first kappa shape index (κ1) is 12.1. The summed E-state index contributed by atoms with van der Waals surface area (Å²) in [5, 5.41) is 6.33. The molecule has 0 bridgehead atoms. The average molecular weight is 340 g/mol. The van der Waals surface area contributed by atoms with Crippen molar-refractivity contribution in [2.24, 2.45) is 0 Å². The number of benzene rings is 1. The summed E-state index contributed by atoms with van der Waals surface area (Å²) < 4.78 is 1.19. The summed E-state index contributed by atoms with van der Waals surface area (Å²) in [4.78, 5) is 8.48. The number of rotatable bonds is 4. The number of nitrogens with zero attached hydrogens (tertiary/aromatic N) is 2. The Balaban J connectivity index is 2.15. The van der Waals surface area contributed by atoms with Crippen LogP contribution in [0.3, 0.4) is 0 Å². The van der Waals surface area contributed by atoms with Crippen molar-refractivity contribution < 1.29 is 0 Å². The highest BCUT2D eigenvalue weighted by molar-refractivity contribution is 14.1. The van der Waals surface area contributed by atoms with Crippen molar-refractivity contribution in [3.05, 3.63) is 40.1 Å². The highest BCUT2D eigenvalue weighted by Crippen LogP contribution is 2.17. The summed E-state index contributed by atoms with van der Waals surface area (Å²) in [6, 6.07) is 9.99. The minimum absolute atomic E-state index is 0.642. The molecule has 0 aliphatic rings. The van der Waals surface area contributed by atoms with E-state index in [-0.39, 0.29) is 0 Å². The molecule has 2 aromatic rings. The Labute approximate surface area is 114 Å². The molecule has 0 saturated heterocycles. The minimum atomic E-state index is 0.642. The highest BCUT2D eigenvalue weighted by atomic mass is 127. The van der Waals surface area contributed by atoms with Crippen LogP contribution in [0.4, 0.5) is 17.5 Å². The average Bonchev–Trinajstić information content (AvgIpc) is 2.30. The first-order valence-corrected chi connectivity index (χ1v) is 6.45. The molecule has 0 saturated carbocycles. The van der Waals surface area contributed by atoms with Gasteiger partial charge in [-0.25, -0.2) is 4.98 Å². The number of aromatic nitrogens is 2. The Kier molecular flexibility index (Phi) is 4.13. The van der Waals surface area contributed by atoms with Gasteiger partial charge in [-0.15, -0.1) is 0 Å². The molecule has 1 heterocycles. The minimum Gasteiger partial charge on any atom is -0.354 e. The fourth-order valence-corrected chi connectivity index (χ4v) is 1.93. The molecular formula is C12H13IN4. The van der Waals surface area contributed by atoms with Crippen molar-refractivity contribution in [1.82, 2.24) is 9.97 Å². The summed E-state index contributed by atoms with van der Waals surface area (Å²) >= 11 is 2.28. The summed E-state index contributed by atoms with van der Waals surface area (Å²) in [7, 11) is 0. The Hall–Kier alpha value is -1.37. The van der Waals surface area contributed by atoms with Gasteiger partial charge in [0.1, 0.15) is 5.82 Å². The molecule has 2 N–H and O–H groups in total. The molecule has 0 unspecified atom stereocenters. The van der Waals surface area contributed by atoms with E-state index in [0.717, 1.165) is 18.1 Å². The Morgan fingerprint density at radius 3 is 2.94 bits per heavy atom. The molecule has 88 valence electrons. The lowest BCUT2D eigenvalue weighted by Gasteiger charge is -2.07. The van der Waals surface area contributed by atoms with Crippen LogP contribution in [-0.2, 0) is 0 Å². The van der Waals surface area contributed by atoms with Crippen LogP contribution in [0.25, 0.3) is 0 Å².